The summed E-state index contributed by atoms with van der Waals surface area (Å²) in [7, 11) is 0. The first-order chi connectivity index (χ1) is 14.6. The minimum absolute atomic E-state index is 0.0858. The van der Waals surface area contributed by atoms with Gasteiger partial charge in [-0.25, -0.2) is 14.4 Å². The molecule has 0 atom stereocenters. The number of aromatic nitrogens is 3. The molecule has 2 aromatic heterocycles. The molecular formula is C22H19FN4OS2. The van der Waals surface area contributed by atoms with E-state index in [0.717, 1.165) is 21.7 Å². The molecule has 8 heteroatoms. The van der Waals surface area contributed by atoms with Crippen molar-refractivity contribution >= 4 is 46.3 Å². The summed E-state index contributed by atoms with van der Waals surface area (Å²) in [4.78, 5) is 22.8. The number of amides is 1. The van der Waals surface area contributed by atoms with Crippen molar-refractivity contribution in [2.24, 2.45) is 0 Å². The summed E-state index contributed by atoms with van der Waals surface area (Å²) in [5, 5.41) is 3.61. The van der Waals surface area contributed by atoms with Gasteiger partial charge in [0.05, 0.1) is 0 Å². The summed E-state index contributed by atoms with van der Waals surface area (Å²) >= 11 is 3.07. The Morgan fingerprint density at radius 2 is 2.00 bits per heavy atom. The summed E-state index contributed by atoms with van der Waals surface area (Å²) in [6.45, 7) is 0.0858. The second kappa shape index (κ2) is 9.32. The lowest BCUT2D eigenvalue weighted by molar-refractivity contribution is -0.116. The minimum atomic E-state index is -0.268. The highest BCUT2D eigenvalue weighted by Crippen LogP contribution is 2.26. The van der Waals surface area contributed by atoms with Crippen LogP contribution in [0, 0.1) is 5.82 Å². The van der Waals surface area contributed by atoms with E-state index in [9.17, 15) is 9.18 Å². The number of halogens is 1. The molecule has 0 aliphatic carbocycles. The van der Waals surface area contributed by atoms with Crippen molar-refractivity contribution in [3.63, 3.8) is 0 Å². The van der Waals surface area contributed by atoms with Crippen LogP contribution in [0.25, 0.3) is 11.2 Å². The number of fused-ring (bicyclic) bond motifs is 1. The van der Waals surface area contributed by atoms with E-state index < -0.39 is 0 Å². The monoisotopic (exact) mass is 438 g/mol. The number of rotatable bonds is 7. The van der Waals surface area contributed by atoms with Gasteiger partial charge < -0.3 is 5.32 Å². The Balaban J connectivity index is 1.55. The summed E-state index contributed by atoms with van der Waals surface area (Å²) in [6.07, 6.45) is 3.67. The van der Waals surface area contributed by atoms with Gasteiger partial charge in [0.25, 0.3) is 0 Å². The minimum Gasteiger partial charge on any atom is -0.324 e. The number of benzene rings is 2. The van der Waals surface area contributed by atoms with Gasteiger partial charge in [-0.05, 0) is 54.3 Å². The van der Waals surface area contributed by atoms with Crippen LogP contribution in [0.5, 0.6) is 0 Å². The summed E-state index contributed by atoms with van der Waals surface area (Å²) < 4.78 is 15.3. The average Bonchev–Trinajstić information content (AvgIpc) is 3.10. The number of imidazole rings is 1. The fourth-order valence-electron chi connectivity index (χ4n) is 3.01. The van der Waals surface area contributed by atoms with Crippen LogP contribution in [0.2, 0.25) is 0 Å². The normalized spacial score (nSPS) is 11.0. The Bertz CT molecular complexity index is 1190. The zero-order valence-electron chi connectivity index (χ0n) is 16.2. The molecule has 0 aliphatic rings. The standard InChI is InChI=1S/C22H19FN4OS2/c1-29-18-8-3-7-17(12-18)25-20(28)13-27-21-19(9-4-10-24-21)26-22(27)30-14-15-5-2-6-16(23)11-15/h2-12H,13-14H2,1H3,(H,25,28). The maximum absolute atomic E-state index is 13.5. The Morgan fingerprint density at radius 1 is 1.13 bits per heavy atom. The number of thioether (sulfide) groups is 2. The van der Waals surface area contributed by atoms with Gasteiger partial charge in [0.2, 0.25) is 5.91 Å². The number of hydrogen-bond acceptors (Lipinski definition) is 5. The molecule has 0 spiro atoms. The van der Waals surface area contributed by atoms with Crippen LogP contribution < -0.4 is 5.32 Å². The second-order valence-electron chi connectivity index (χ2n) is 6.53. The van der Waals surface area contributed by atoms with E-state index in [-0.39, 0.29) is 18.3 Å². The Hall–Kier alpha value is -2.84. The molecule has 2 heterocycles. The van der Waals surface area contributed by atoms with Gasteiger partial charge in [0, 0.05) is 22.5 Å². The Kier molecular flexibility index (Phi) is 6.35. The summed E-state index contributed by atoms with van der Waals surface area (Å²) in [5.74, 6) is 0.110. The first-order valence-corrected chi connectivity index (χ1v) is 11.5. The second-order valence-corrected chi connectivity index (χ2v) is 8.35. The lowest BCUT2D eigenvalue weighted by Gasteiger charge is -2.10. The molecule has 4 aromatic rings. The number of nitrogens with zero attached hydrogens (tertiary/aromatic N) is 3. The van der Waals surface area contributed by atoms with E-state index in [4.69, 9.17) is 0 Å². The maximum Gasteiger partial charge on any atom is 0.244 e. The summed E-state index contributed by atoms with van der Waals surface area (Å²) in [5.41, 5.74) is 2.96. The lowest BCUT2D eigenvalue weighted by Crippen LogP contribution is -2.19. The van der Waals surface area contributed by atoms with Gasteiger partial charge in [-0.1, -0.05) is 30.0 Å². The predicted octanol–water partition coefficient (Wildman–Crippen LogP) is 5.22. The van der Waals surface area contributed by atoms with Crippen LogP contribution in [0.1, 0.15) is 5.56 Å². The van der Waals surface area contributed by atoms with Crippen molar-refractivity contribution in [1.82, 2.24) is 14.5 Å². The predicted molar refractivity (Wildman–Crippen MR) is 120 cm³/mol. The SMILES string of the molecule is CSc1cccc(NC(=O)Cn2c(SCc3cccc(F)c3)nc3cccnc32)c1. The van der Waals surface area contributed by atoms with Gasteiger partial charge in [0.15, 0.2) is 10.8 Å². The number of carbonyl (C=O) groups excluding carboxylic acids is 1. The molecule has 1 N–H and O–H groups in total. The van der Waals surface area contributed by atoms with Gasteiger partial charge in [-0.3, -0.25) is 9.36 Å². The molecule has 30 heavy (non-hydrogen) atoms. The molecule has 2 aromatic carbocycles. The molecule has 0 bridgehead atoms. The Labute approximate surface area is 182 Å². The first-order valence-electron chi connectivity index (χ1n) is 9.25. The maximum atomic E-state index is 13.5. The van der Waals surface area contributed by atoms with E-state index in [1.54, 1.807) is 28.6 Å². The van der Waals surface area contributed by atoms with Crippen molar-refractivity contribution in [2.75, 3.05) is 11.6 Å². The molecule has 152 valence electrons. The average molecular weight is 439 g/mol. The van der Waals surface area contributed by atoms with Crippen LogP contribution in [-0.4, -0.2) is 26.7 Å². The molecule has 1 amide bonds. The number of anilines is 1. The third-order valence-corrected chi connectivity index (χ3v) is 6.15. The van der Waals surface area contributed by atoms with Crippen LogP contribution in [0.3, 0.4) is 0 Å². The van der Waals surface area contributed by atoms with Crippen molar-refractivity contribution in [2.45, 2.75) is 22.3 Å². The number of hydrogen-bond donors (Lipinski definition) is 1. The van der Waals surface area contributed by atoms with E-state index in [2.05, 4.69) is 15.3 Å². The fourth-order valence-corrected chi connectivity index (χ4v) is 4.41. The molecule has 0 aliphatic heterocycles. The molecule has 5 nitrogen and oxygen atoms in total. The molecule has 0 saturated carbocycles. The van der Waals surface area contributed by atoms with Crippen LogP contribution in [0.15, 0.2) is 76.9 Å². The van der Waals surface area contributed by atoms with Crippen LogP contribution in [0.4, 0.5) is 10.1 Å². The number of nitrogens with one attached hydrogen (secondary N) is 1. The molecule has 0 fully saturated rings. The largest absolute Gasteiger partial charge is 0.324 e. The van der Waals surface area contributed by atoms with E-state index in [0.29, 0.717) is 16.6 Å². The van der Waals surface area contributed by atoms with Crippen molar-refractivity contribution in [3.05, 3.63) is 78.2 Å². The first kappa shape index (κ1) is 20.4. The van der Waals surface area contributed by atoms with Gasteiger partial charge in [-0.2, -0.15) is 0 Å². The van der Waals surface area contributed by atoms with Gasteiger partial charge in [-0.15, -0.1) is 11.8 Å². The van der Waals surface area contributed by atoms with E-state index in [1.165, 1.54) is 23.9 Å². The van der Waals surface area contributed by atoms with Crippen molar-refractivity contribution < 1.29 is 9.18 Å². The van der Waals surface area contributed by atoms with Crippen LogP contribution in [-0.2, 0) is 17.1 Å². The van der Waals surface area contributed by atoms with Crippen molar-refractivity contribution in [3.8, 4) is 0 Å². The molecule has 4 rings (SSSR count). The zero-order valence-corrected chi connectivity index (χ0v) is 17.8. The number of carbonyl (C=O) groups is 1. The highest BCUT2D eigenvalue weighted by atomic mass is 32.2. The fraction of sp³-hybridized carbons (Fsp3) is 0.136. The molecular weight excluding hydrogens is 419 g/mol. The molecule has 0 radical (unpaired) electrons. The molecule has 0 unspecified atom stereocenters. The zero-order chi connectivity index (χ0) is 20.9. The highest BCUT2D eigenvalue weighted by Gasteiger charge is 2.15. The lowest BCUT2D eigenvalue weighted by atomic mass is 10.2. The van der Waals surface area contributed by atoms with E-state index >= 15 is 0 Å². The van der Waals surface area contributed by atoms with Gasteiger partial charge in [0.1, 0.15) is 17.9 Å². The highest BCUT2D eigenvalue weighted by molar-refractivity contribution is 7.98. The van der Waals surface area contributed by atoms with Gasteiger partial charge >= 0.3 is 0 Å². The quantitative estimate of drug-likeness (QED) is 0.401. The smallest absolute Gasteiger partial charge is 0.244 e. The topological polar surface area (TPSA) is 59.8 Å². The Morgan fingerprint density at radius 3 is 2.83 bits per heavy atom. The third-order valence-electron chi connectivity index (χ3n) is 4.38. The summed E-state index contributed by atoms with van der Waals surface area (Å²) in [6, 6.07) is 17.9. The number of pyridine rings is 1. The third kappa shape index (κ3) is 4.83. The van der Waals surface area contributed by atoms with Crippen LogP contribution >= 0.6 is 23.5 Å². The van der Waals surface area contributed by atoms with Crippen molar-refractivity contribution in [1.29, 1.82) is 0 Å². The molecule has 0 saturated heterocycles. The van der Waals surface area contributed by atoms with E-state index in [1.807, 2.05) is 48.7 Å².